The molecule has 5 N–H and O–H groups in total. The lowest BCUT2D eigenvalue weighted by atomic mass is 9.84. The molecule has 1 saturated carbocycles. The Morgan fingerprint density at radius 3 is 2.68 bits per heavy atom. The Morgan fingerprint density at radius 2 is 1.96 bits per heavy atom. The van der Waals surface area contributed by atoms with Crippen LogP contribution in [0.4, 0.5) is 17.5 Å². The number of nitrogen functional groups attached to an aromatic ring is 1. The van der Waals surface area contributed by atoms with E-state index >= 15 is 0 Å². The van der Waals surface area contributed by atoms with Crippen molar-refractivity contribution in [1.29, 1.82) is 0 Å². The molecule has 4 rings (SSSR count). The lowest BCUT2D eigenvalue weighted by Gasteiger charge is -2.29. The normalized spacial score (nSPS) is 20.0. The summed E-state index contributed by atoms with van der Waals surface area (Å²) in [7, 11) is 0. The van der Waals surface area contributed by atoms with Crippen LogP contribution in [0, 0.1) is 0 Å². The van der Waals surface area contributed by atoms with E-state index in [1.54, 1.807) is 0 Å². The quantitative estimate of drug-likeness (QED) is 0.601. The van der Waals surface area contributed by atoms with Crippen LogP contribution in [0.3, 0.4) is 0 Å². The number of fused-ring (bicyclic) bond motifs is 1. The molecule has 28 heavy (non-hydrogen) atoms. The van der Waals surface area contributed by atoms with Crippen molar-refractivity contribution in [1.82, 2.24) is 19.5 Å². The van der Waals surface area contributed by atoms with E-state index in [1.165, 1.54) is 12.8 Å². The van der Waals surface area contributed by atoms with Gasteiger partial charge in [-0.25, -0.2) is 4.98 Å². The highest BCUT2D eigenvalue weighted by molar-refractivity contribution is 6.30. The van der Waals surface area contributed by atoms with Crippen molar-refractivity contribution in [2.24, 2.45) is 5.73 Å². The molecule has 148 valence electrons. The first-order chi connectivity index (χ1) is 13.4. The topological polar surface area (TPSA) is 108 Å². The van der Waals surface area contributed by atoms with Crippen LogP contribution < -0.4 is 16.8 Å². The first-order valence-electron chi connectivity index (χ1n) is 9.77. The number of nitrogens with two attached hydrogens (primary N) is 2. The fourth-order valence-electron chi connectivity index (χ4n) is 4.05. The molecule has 0 saturated heterocycles. The molecular formula is C20H26ClN7. The Bertz CT molecular complexity index is 998. The zero-order valence-electron chi connectivity index (χ0n) is 16.2. The Kier molecular flexibility index (Phi) is 5.12. The zero-order valence-corrected chi connectivity index (χ0v) is 16.9. The van der Waals surface area contributed by atoms with Crippen molar-refractivity contribution in [3.8, 4) is 0 Å². The minimum atomic E-state index is 0.109. The van der Waals surface area contributed by atoms with E-state index in [9.17, 15) is 0 Å². The van der Waals surface area contributed by atoms with Crippen LogP contribution in [0.5, 0.6) is 0 Å². The standard InChI is InChI=1S/C20H26ClN7/c1-11(2)28-18(14-8-3-4-9-15(14)22)25-16-17(26-20(23)27-19(16)28)24-13-7-5-6-12(21)10-13/h5-7,10-11,14-15H,3-4,8-9,22H2,1-2H3,(H3,23,24,26,27)/t14-,15+/m1/s1. The van der Waals surface area contributed by atoms with Crippen LogP contribution in [0.25, 0.3) is 11.2 Å². The zero-order chi connectivity index (χ0) is 19.8. The Hall–Kier alpha value is -2.38. The summed E-state index contributed by atoms with van der Waals surface area (Å²) in [5, 5.41) is 3.94. The Labute approximate surface area is 169 Å². The van der Waals surface area contributed by atoms with E-state index < -0.39 is 0 Å². The maximum Gasteiger partial charge on any atom is 0.224 e. The summed E-state index contributed by atoms with van der Waals surface area (Å²) in [6, 6.07) is 7.76. The number of benzene rings is 1. The van der Waals surface area contributed by atoms with Crippen molar-refractivity contribution in [3.05, 3.63) is 35.1 Å². The molecule has 0 spiro atoms. The molecule has 1 aliphatic rings. The second-order valence-corrected chi connectivity index (χ2v) is 8.16. The van der Waals surface area contributed by atoms with Crippen molar-refractivity contribution >= 4 is 40.2 Å². The van der Waals surface area contributed by atoms with E-state index in [0.29, 0.717) is 16.4 Å². The maximum absolute atomic E-state index is 6.47. The first kappa shape index (κ1) is 19.0. The average molecular weight is 400 g/mol. The van der Waals surface area contributed by atoms with Gasteiger partial charge in [0, 0.05) is 28.7 Å². The summed E-state index contributed by atoms with van der Waals surface area (Å²) in [5.41, 5.74) is 14.8. The van der Waals surface area contributed by atoms with E-state index in [2.05, 4.69) is 33.7 Å². The van der Waals surface area contributed by atoms with Crippen molar-refractivity contribution in [2.75, 3.05) is 11.1 Å². The van der Waals surface area contributed by atoms with Crippen molar-refractivity contribution < 1.29 is 0 Å². The number of hydrogen-bond acceptors (Lipinski definition) is 6. The predicted molar refractivity (Wildman–Crippen MR) is 114 cm³/mol. The van der Waals surface area contributed by atoms with Gasteiger partial charge in [-0.2, -0.15) is 9.97 Å². The molecule has 8 heteroatoms. The highest BCUT2D eigenvalue weighted by Crippen LogP contribution is 2.36. The van der Waals surface area contributed by atoms with Gasteiger partial charge in [0.05, 0.1) is 0 Å². The second kappa shape index (κ2) is 7.56. The summed E-state index contributed by atoms with van der Waals surface area (Å²) in [6.45, 7) is 4.25. The summed E-state index contributed by atoms with van der Waals surface area (Å²) in [4.78, 5) is 13.9. The largest absolute Gasteiger partial charge is 0.368 e. The minimum Gasteiger partial charge on any atom is -0.368 e. The molecule has 0 radical (unpaired) electrons. The van der Waals surface area contributed by atoms with E-state index in [-0.39, 0.29) is 23.9 Å². The van der Waals surface area contributed by atoms with Crippen LogP contribution >= 0.6 is 11.6 Å². The second-order valence-electron chi connectivity index (χ2n) is 7.73. The molecule has 1 fully saturated rings. The number of nitrogens with one attached hydrogen (secondary N) is 1. The number of nitrogens with zero attached hydrogens (tertiary/aromatic N) is 4. The van der Waals surface area contributed by atoms with Crippen molar-refractivity contribution in [2.45, 2.75) is 57.5 Å². The van der Waals surface area contributed by atoms with Gasteiger partial charge in [0.2, 0.25) is 5.95 Å². The van der Waals surface area contributed by atoms with Crippen LogP contribution in [0.2, 0.25) is 5.02 Å². The van der Waals surface area contributed by atoms with Gasteiger partial charge in [-0.05, 0) is 44.9 Å². The Balaban J connectivity index is 1.86. The SMILES string of the molecule is CC(C)n1c([C@@H]2CCCC[C@@H]2N)nc2c(Nc3cccc(Cl)c3)nc(N)nc21. The smallest absolute Gasteiger partial charge is 0.224 e. The minimum absolute atomic E-state index is 0.109. The van der Waals surface area contributed by atoms with Gasteiger partial charge in [-0.15, -0.1) is 0 Å². The highest BCUT2D eigenvalue weighted by atomic mass is 35.5. The number of hydrogen-bond donors (Lipinski definition) is 3. The van der Waals surface area contributed by atoms with Crippen LogP contribution in [-0.2, 0) is 0 Å². The number of rotatable bonds is 4. The molecule has 7 nitrogen and oxygen atoms in total. The summed E-state index contributed by atoms with van der Waals surface area (Å²) < 4.78 is 2.16. The predicted octanol–water partition coefficient (Wildman–Crippen LogP) is 4.37. The lowest BCUT2D eigenvalue weighted by molar-refractivity contribution is 0.360. The molecule has 2 atom stereocenters. The van der Waals surface area contributed by atoms with Gasteiger partial charge in [0.1, 0.15) is 5.82 Å². The summed E-state index contributed by atoms with van der Waals surface area (Å²) >= 11 is 6.12. The monoisotopic (exact) mass is 399 g/mol. The Morgan fingerprint density at radius 1 is 1.18 bits per heavy atom. The van der Waals surface area contributed by atoms with E-state index in [4.69, 9.17) is 28.1 Å². The molecule has 1 aliphatic carbocycles. The summed E-state index contributed by atoms with van der Waals surface area (Å²) in [5.74, 6) is 1.98. The number of anilines is 3. The molecule has 0 amide bonds. The van der Waals surface area contributed by atoms with Gasteiger partial charge < -0.3 is 21.4 Å². The molecule has 0 bridgehead atoms. The van der Waals surface area contributed by atoms with Crippen LogP contribution in [-0.4, -0.2) is 25.6 Å². The molecule has 3 aromatic rings. The fraction of sp³-hybridized carbons (Fsp3) is 0.450. The number of imidazole rings is 1. The maximum atomic E-state index is 6.47. The average Bonchev–Trinajstić information content (AvgIpc) is 3.01. The number of aromatic nitrogens is 4. The van der Waals surface area contributed by atoms with E-state index in [1.807, 2.05) is 24.3 Å². The van der Waals surface area contributed by atoms with Crippen LogP contribution in [0.1, 0.15) is 57.3 Å². The molecule has 0 unspecified atom stereocenters. The lowest BCUT2D eigenvalue weighted by Crippen LogP contribution is -2.33. The third kappa shape index (κ3) is 3.52. The highest BCUT2D eigenvalue weighted by Gasteiger charge is 2.30. The molecule has 1 aromatic carbocycles. The molecule has 2 aromatic heterocycles. The fourth-order valence-corrected chi connectivity index (χ4v) is 4.24. The number of halogens is 1. The molecule has 0 aliphatic heterocycles. The summed E-state index contributed by atoms with van der Waals surface area (Å²) in [6.07, 6.45) is 4.40. The third-order valence-electron chi connectivity index (χ3n) is 5.34. The van der Waals surface area contributed by atoms with E-state index in [0.717, 1.165) is 30.0 Å². The first-order valence-corrected chi connectivity index (χ1v) is 10.2. The van der Waals surface area contributed by atoms with Gasteiger partial charge >= 0.3 is 0 Å². The van der Waals surface area contributed by atoms with Gasteiger partial charge in [0.15, 0.2) is 17.0 Å². The van der Waals surface area contributed by atoms with Crippen molar-refractivity contribution in [3.63, 3.8) is 0 Å². The molecule has 2 heterocycles. The van der Waals surface area contributed by atoms with Gasteiger partial charge in [-0.3, -0.25) is 0 Å². The molecular weight excluding hydrogens is 374 g/mol. The van der Waals surface area contributed by atoms with Crippen LogP contribution in [0.15, 0.2) is 24.3 Å². The third-order valence-corrected chi connectivity index (χ3v) is 5.57. The van der Waals surface area contributed by atoms with Gasteiger partial charge in [0.25, 0.3) is 0 Å². The van der Waals surface area contributed by atoms with Gasteiger partial charge in [-0.1, -0.05) is 30.5 Å².